The predicted octanol–water partition coefficient (Wildman–Crippen LogP) is 2.55. The van der Waals surface area contributed by atoms with Crippen LogP contribution in [0, 0.1) is 5.92 Å². The molecule has 0 spiro atoms. The van der Waals surface area contributed by atoms with Crippen molar-refractivity contribution in [2.75, 3.05) is 47.5 Å². The molecule has 26 heavy (non-hydrogen) atoms. The minimum Gasteiger partial charge on any atom is -0.493 e. The maximum atomic E-state index is 12.7. The zero-order chi connectivity index (χ0) is 18.5. The molecule has 3 rings (SSSR count). The fourth-order valence-corrected chi connectivity index (χ4v) is 4.13. The lowest BCUT2D eigenvalue weighted by Gasteiger charge is -2.34. The van der Waals surface area contributed by atoms with Gasteiger partial charge in [0.25, 0.3) is 0 Å². The van der Waals surface area contributed by atoms with E-state index >= 15 is 0 Å². The Labute approximate surface area is 156 Å². The summed E-state index contributed by atoms with van der Waals surface area (Å²) in [7, 11) is 4.89. The van der Waals surface area contributed by atoms with Crippen molar-refractivity contribution in [3.05, 3.63) is 17.7 Å². The van der Waals surface area contributed by atoms with Gasteiger partial charge in [-0.2, -0.15) is 0 Å². The maximum absolute atomic E-state index is 12.7. The summed E-state index contributed by atoms with van der Waals surface area (Å²) in [5.74, 6) is 2.45. The van der Waals surface area contributed by atoms with E-state index in [4.69, 9.17) is 14.2 Å². The zero-order valence-corrected chi connectivity index (χ0v) is 16.1. The van der Waals surface area contributed by atoms with Gasteiger partial charge in [-0.3, -0.25) is 9.69 Å². The number of rotatable bonds is 6. The number of methoxy groups -OCH3 is 3. The number of nitrogens with zero attached hydrogens (tertiary/aromatic N) is 2. The van der Waals surface area contributed by atoms with E-state index in [0.29, 0.717) is 23.2 Å². The molecule has 2 saturated heterocycles. The number of hydrogen-bond acceptors (Lipinski definition) is 5. The van der Waals surface area contributed by atoms with Gasteiger partial charge in [0.05, 0.1) is 27.2 Å². The van der Waals surface area contributed by atoms with Gasteiger partial charge < -0.3 is 19.1 Å². The molecule has 1 aromatic carbocycles. The van der Waals surface area contributed by atoms with Crippen LogP contribution >= 0.6 is 0 Å². The first-order valence-electron chi connectivity index (χ1n) is 9.47. The summed E-state index contributed by atoms with van der Waals surface area (Å²) in [6.07, 6.45) is 4.34. The predicted molar refractivity (Wildman–Crippen MR) is 99.9 cm³/mol. The largest absolute Gasteiger partial charge is 0.493 e. The van der Waals surface area contributed by atoms with Gasteiger partial charge in [0.15, 0.2) is 11.5 Å². The van der Waals surface area contributed by atoms with Gasteiger partial charge in [0, 0.05) is 31.7 Å². The van der Waals surface area contributed by atoms with Gasteiger partial charge in [0.2, 0.25) is 11.7 Å². The van der Waals surface area contributed by atoms with E-state index in [1.807, 2.05) is 17.0 Å². The van der Waals surface area contributed by atoms with Gasteiger partial charge in [-0.1, -0.05) is 6.07 Å². The third-order valence-electron chi connectivity index (χ3n) is 5.45. The summed E-state index contributed by atoms with van der Waals surface area (Å²) >= 11 is 0. The SMILES string of the molecule is COc1ccc(CN2CCC[C@H](C(=O)N3CCCC3)C2)c(OC)c1OC. The van der Waals surface area contributed by atoms with Gasteiger partial charge in [-0.15, -0.1) is 0 Å². The summed E-state index contributed by atoms with van der Waals surface area (Å²) in [5.41, 5.74) is 1.06. The van der Waals surface area contributed by atoms with Crippen LogP contribution in [0.2, 0.25) is 0 Å². The lowest BCUT2D eigenvalue weighted by Crippen LogP contribution is -2.43. The smallest absolute Gasteiger partial charge is 0.226 e. The number of amides is 1. The number of ether oxygens (including phenoxy) is 3. The second-order valence-corrected chi connectivity index (χ2v) is 7.10. The van der Waals surface area contributed by atoms with Crippen LogP contribution in [0.25, 0.3) is 0 Å². The Bertz CT molecular complexity index is 628. The molecule has 0 aliphatic carbocycles. The fraction of sp³-hybridized carbons (Fsp3) is 0.650. The van der Waals surface area contributed by atoms with Crippen LogP contribution in [0.3, 0.4) is 0 Å². The average molecular weight is 362 g/mol. The highest BCUT2D eigenvalue weighted by Crippen LogP contribution is 2.40. The lowest BCUT2D eigenvalue weighted by molar-refractivity contribution is -0.136. The van der Waals surface area contributed by atoms with Crippen molar-refractivity contribution < 1.29 is 19.0 Å². The molecule has 6 heteroatoms. The first-order chi connectivity index (χ1) is 12.7. The zero-order valence-electron chi connectivity index (χ0n) is 16.1. The van der Waals surface area contributed by atoms with Crippen LogP contribution in [0.1, 0.15) is 31.2 Å². The standard InChI is InChI=1S/C20H30N2O4/c1-24-17-9-8-15(18(25-2)19(17)26-3)13-21-10-6-7-16(14-21)20(23)22-11-4-5-12-22/h8-9,16H,4-7,10-14H2,1-3H3/t16-/m0/s1. The lowest BCUT2D eigenvalue weighted by atomic mass is 9.96. The molecule has 2 fully saturated rings. The van der Waals surface area contributed by atoms with E-state index in [0.717, 1.165) is 64.0 Å². The van der Waals surface area contributed by atoms with Crippen LogP contribution in [0.4, 0.5) is 0 Å². The summed E-state index contributed by atoms with van der Waals surface area (Å²) in [6.45, 7) is 4.42. The Morgan fingerprint density at radius 3 is 2.38 bits per heavy atom. The van der Waals surface area contributed by atoms with E-state index < -0.39 is 0 Å². The Morgan fingerprint density at radius 1 is 1.00 bits per heavy atom. The Hall–Kier alpha value is -1.95. The van der Waals surface area contributed by atoms with Gasteiger partial charge in [-0.25, -0.2) is 0 Å². The van der Waals surface area contributed by atoms with Crippen LogP contribution in [-0.2, 0) is 11.3 Å². The maximum Gasteiger partial charge on any atom is 0.226 e. The van der Waals surface area contributed by atoms with Crippen molar-refractivity contribution in [1.29, 1.82) is 0 Å². The van der Waals surface area contributed by atoms with Crippen molar-refractivity contribution in [3.63, 3.8) is 0 Å². The highest BCUT2D eigenvalue weighted by molar-refractivity contribution is 5.79. The molecule has 1 aromatic rings. The van der Waals surface area contributed by atoms with E-state index in [9.17, 15) is 4.79 Å². The topological polar surface area (TPSA) is 51.2 Å². The Morgan fingerprint density at radius 2 is 1.73 bits per heavy atom. The summed E-state index contributed by atoms with van der Waals surface area (Å²) in [6, 6.07) is 3.93. The third kappa shape index (κ3) is 3.90. The number of likely N-dealkylation sites (tertiary alicyclic amines) is 2. The minimum atomic E-state index is 0.119. The van der Waals surface area contributed by atoms with Crippen LogP contribution < -0.4 is 14.2 Å². The van der Waals surface area contributed by atoms with E-state index in [1.165, 1.54) is 0 Å². The molecule has 0 unspecified atom stereocenters. The highest BCUT2D eigenvalue weighted by atomic mass is 16.5. The summed E-state index contributed by atoms with van der Waals surface area (Å²) in [4.78, 5) is 17.1. The second kappa shape index (κ2) is 8.62. The van der Waals surface area contributed by atoms with Crippen molar-refractivity contribution in [1.82, 2.24) is 9.80 Å². The van der Waals surface area contributed by atoms with Gasteiger partial charge in [-0.05, 0) is 38.3 Å². The first-order valence-corrected chi connectivity index (χ1v) is 9.47. The molecule has 6 nitrogen and oxygen atoms in total. The van der Waals surface area contributed by atoms with Crippen LogP contribution in [0.15, 0.2) is 12.1 Å². The monoisotopic (exact) mass is 362 g/mol. The van der Waals surface area contributed by atoms with Crippen LogP contribution in [-0.4, -0.2) is 63.2 Å². The first kappa shape index (κ1) is 18.8. The Kier molecular flexibility index (Phi) is 6.25. The highest BCUT2D eigenvalue weighted by Gasteiger charge is 2.31. The molecule has 1 amide bonds. The number of hydrogen-bond donors (Lipinski definition) is 0. The molecule has 2 aliphatic rings. The number of piperidine rings is 1. The quantitative estimate of drug-likeness (QED) is 0.778. The number of carbonyl (C=O) groups excluding carboxylic acids is 1. The minimum absolute atomic E-state index is 0.119. The van der Waals surface area contributed by atoms with Crippen molar-refractivity contribution in [3.8, 4) is 17.2 Å². The average Bonchev–Trinajstić information content (AvgIpc) is 3.21. The van der Waals surface area contributed by atoms with Gasteiger partial charge in [0.1, 0.15) is 0 Å². The Balaban J connectivity index is 1.71. The van der Waals surface area contributed by atoms with Gasteiger partial charge >= 0.3 is 0 Å². The molecular formula is C20H30N2O4. The van der Waals surface area contributed by atoms with Crippen molar-refractivity contribution in [2.45, 2.75) is 32.2 Å². The fourth-order valence-electron chi connectivity index (χ4n) is 4.13. The van der Waals surface area contributed by atoms with E-state index in [2.05, 4.69) is 4.90 Å². The molecule has 0 N–H and O–H groups in total. The van der Waals surface area contributed by atoms with E-state index in [1.54, 1.807) is 21.3 Å². The molecule has 0 bridgehead atoms. The summed E-state index contributed by atoms with van der Waals surface area (Å²) < 4.78 is 16.4. The molecule has 0 radical (unpaired) electrons. The summed E-state index contributed by atoms with van der Waals surface area (Å²) in [5, 5.41) is 0. The van der Waals surface area contributed by atoms with E-state index in [-0.39, 0.29) is 5.92 Å². The second-order valence-electron chi connectivity index (χ2n) is 7.10. The molecule has 144 valence electrons. The molecule has 1 atom stereocenters. The third-order valence-corrected chi connectivity index (χ3v) is 5.45. The molecular weight excluding hydrogens is 332 g/mol. The molecule has 2 aliphatic heterocycles. The molecule has 0 saturated carbocycles. The van der Waals surface area contributed by atoms with Crippen molar-refractivity contribution in [2.24, 2.45) is 5.92 Å². The van der Waals surface area contributed by atoms with Crippen LogP contribution in [0.5, 0.6) is 17.2 Å². The normalized spacial score (nSPS) is 20.9. The molecule has 0 aromatic heterocycles. The van der Waals surface area contributed by atoms with Crippen molar-refractivity contribution >= 4 is 5.91 Å². The number of carbonyl (C=O) groups is 1. The molecule has 2 heterocycles. The number of benzene rings is 1.